The molecule has 0 aliphatic carbocycles. The molecule has 1 aromatic carbocycles. The topological polar surface area (TPSA) is 46.2 Å². The second-order valence-corrected chi connectivity index (χ2v) is 5.95. The standard InChI is InChI=1S/C8H9BrClNO2S/c1-11-14(12,13)5-6-2-3-7(9)4-8(6)10/h2-4,11H,5H2,1H3. The van der Waals surface area contributed by atoms with Crippen LogP contribution in [0.3, 0.4) is 0 Å². The first-order valence-corrected chi connectivity index (χ1v) is 6.62. The van der Waals surface area contributed by atoms with Crippen LogP contribution in [0.15, 0.2) is 22.7 Å². The van der Waals surface area contributed by atoms with Crippen molar-refractivity contribution in [2.24, 2.45) is 0 Å². The SMILES string of the molecule is CNS(=O)(=O)Cc1ccc(Br)cc1Cl. The van der Waals surface area contributed by atoms with E-state index in [9.17, 15) is 8.42 Å². The number of rotatable bonds is 3. The molecule has 0 unspecified atom stereocenters. The fraction of sp³-hybridized carbons (Fsp3) is 0.250. The largest absolute Gasteiger partial charge is 0.218 e. The molecule has 0 bridgehead atoms. The lowest BCUT2D eigenvalue weighted by atomic mass is 10.2. The Morgan fingerprint density at radius 2 is 2.14 bits per heavy atom. The number of halogens is 2. The van der Waals surface area contributed by atoms with Crippen LogP contribution in [-0.4, -0.2) is 15.5 Å². The molecule has 0 saturated heterocycles. The van der Waals surface area contributed by atoms with Crippen LogP contribution < -0.4 is 4.72 Å². The summed E-state index contributed by atoms with van der Waals surface area (Å²) in [7, 11) is -1.88. The summed E-state index contributed by atoms with van der Waals surface area (Å²) >= 11 is 9.11. The quantitative estimate of drug-likeness (QED) is 0.929. The molecular formula is C8H9BrClNO2S. The molecule has 1 N–H and O–H groups in total. The van der Waals surface area contributed by atoms with Crippen LogP contribution in [-0.2, 0) is 15.8 Å². The molecule has 0 aliphatic heterocycles. The first kappa shape index (κ1) is 12.0. The highest BCUT2D eigenvalue weighted by molar-refractivity contribution is 9.10. The van der Waals surface area contributed by atoms with Crippen molar-refractivity contribution in [1.82, 2.24) is 4.72 Å². The van der Waals surface area contributed by atoms with Gasteiger partial charge in [-0.25, -0.2) is 13.1 Å². The summed E-state index contributed by atoms with van der Waals surface area (Å²) in [5.41, 5.74) is 0.587. The first-order valence-electron chi connectivity index (χ1n) is 3.80. The highest BCUT2D eigenvalue weighted by atomic mass is 79.9. The second-order valence-electron chi connectivity index (χ2n) is 2.70. The first-order chi connectivity index (χ1) is 6.44. The van der Waals surface area contributed by atoms with Gasteiger partial charge in [-0.05, 0) is 24.7 Å². The summed E-state index contributed by atoms with van der Waals surface area (Å²) in [4.78, 5) is 0. The normalized spacial score (nSPS) is 11.6. The van der Waals surface area contributed by atoms with Crippen molar-refractivity contribution in [3.8, 4) is 0 Å². The molecule has 0 heterocycles. The molecule has 78 valence electrons. The molecule has 3 nitrogen and oxygen atoms in total. The molecule has 0 atom stereocenters. The van der Waals surface area contributed by atoms with Crippen molar-refractivity contribution >= 4 is 37.6 Å². The van der Waals surface area contributed by atoms with Crippen LogP contribution in [0.4, 0.5) is 0 Å². The highest BCUT2D eigenvalue weighted by Gasteiger charge is 2.11. The lowest BCUT2D eigenvalue weighted by Crippen LogP contribution is -2.20. The lowest BCUT2D eigenvalue weighted by molar-refractivity contribution is 0.587. The minimum atomic E-state index is -3.26. The summed E-state index contributed by atoms with van der Waals surface area (Å²) in [6.07, 6.45) is 0. The third-order valence-electron chi connectivity index (χ3n) is 1.67. The molecule has 0 aliphatic rings. The van der Waals surface area contributed by atoms with Crippen molar-refractivity contribution in [3.63, 3.8) is 0 Å². The van der Waals surface area contributed by atoms with Crippen LogP contribution in [0, 0.1) is 0 Å². The number of sulfonamides is 1. The van der Waals surface area contributed by atoms with Gasteiger partial charge in [0.05, 0.1) is 5.75 Å². The van der Waals surface area contributed by atoms with Crippen LogP contribution in [0.1, 0.15) is 5.56 Å². The van der Waals surface area contributed by atoms with E-state index >= 15 is 0 Å². The molecule has 0 aromatic heterocycles. The Morgan fingerprint density at radius 3 is 2.64 bits per heavy atom. The van der Waals surface area contributed by atoms with Gasteiger partial charge in [-0.1, -0.05) is 33.6 Å². The molecule has 1 rings (SSSR count). The van der Waals surface area contributed by atoms with E-state index in [0.717, 1.165) is 4.47 Å². The zero-order valence-electron chi connectivity index (χ0n) is 7.42. The van der Waals surface area contributed by atoms with E-state index in [0.29, 0.717) is 10.6 Å². The van der Waals surface area contributed by atoms with Crippen molar-refractivity contribution in [2.75, 3.05) is 7.05 Å². The zero-order chi connectivity index (χ0) is 10.8. The predicted molar refractivity (Wildman–Crippen MR) is 60.8 cm³/mol. The van der Waals surface area contributed by atoms with Crippen molar-refractivity contribution in [1.29, 1.82) is 0 Å². The maximum atomic E-state index is 11.2. The van der Waals surface area contributed by atoms with Gasteiger partial charge in [-0.15, -0.1) is 0 Å². The van der Waals surface area contributed by atoms with E-state index in [1.54, 1.807) is 18.2 Å². The Bertz CT molecular complexity index is 433. The summed E-state index contributed by atoms with van der Waals surface area (Å²) < 4.78 is 25.5. The zero-order valence-corrected chi connectivity index (χ0v) is 10.6. The molecule has 0 amide bonds. The summed E-state index contributed by atoms with van der Waals surface area (Å²) in [6.45, 7) is 0. The molecule has 0 saturated carbocycles. The van der Waals surface area contributed by atoms with Crippen LogP contribution in [0.2, 0.25) is 5.02 Å². The molecule has 0 radical (unpaired) electrons. The van der Waals surface area contributed by atoms with Gasteiger partial charge in [0.2, 0.25) is 10.0 Å². The van der Waals surface area contributed by atoms with Crippen molar-refractivity contribution in [2.45, 2.75) is 5.75 Å². The van der Waals surface area contributed by atoms with E-state index in [1.807, 2.05) is 0 Å². The Labute approximate surface area is 96.6 Å². The average Bonchev–Trinajstić information content (AvgIpc) is 2.10. The van der Waals surface area contributed by atoms with Crippen LogP contribution in [0.5, 0.6) is 0 Å². The predicted octanol–water partition coefficient (Wildman–Crippen LogP) is 2.15. The molecule has 0 fully saturated rings. The van der Waals surface area contributed by atoms with Gasteiger partial charge < -0.3 is 0 Å². The monoisotopic (exact) mass is 297 g/mol. The Balaban J connectivity index is 2.99. The summed E-state index contributed by atoms with van der Waals surface area (Å²) in [5, 5.41) is 0.443. The minimum absolute atomic E-state index is 0.102. The summed E-state index contributed by atoms with van der Waals surface area (Å²) in [5.74, 6) is -0.102. The molecule has 14 heavy (non-hydrogen) atoms. The van der Waals surface area contributed by atoms with Gasteiger partial charge in [-0.2, -0.15) is 0 Å². The molecule has 0 spiro atoms. The van der Waals surface area contributed by atoms with Gasteiger partial charge in [0.1, 0.15) is 0 Å². The molecule has 1 aromatic rings. The van der Waals surface area contributed by atoms with Gasteiger partial charge >= 0.3 is 0 Å². The Kier molecular flexibility index (Phi) is 3.94. The fourth-order valence-electron chi connectivity index (χ4n) is 0.916. The second kappa shape index (κ2) is 4.61. The van der Waals surface area contributed by atoms with Crippen molar-refractivity contribution < 1.29 is 8.42 Å². The van der Waals surface area contributed by atoms with Crippen LogP contribution in [0.25, 0.3) is 0 Å². The number of hydrogen-bond acceptors (Lipinski definition) is 2. The smallest absolute Gasteiger partial charge is 0.215 e. The third kappa shape index (κ3) is 3.24. The van der Waals surface area contributed by atoms with Gasteiger partial charge in [-0.3, -0.25) is 0 Å². The van der Waals surface area contributed by atoms with E-state index in [1.165, 1.54) is 7.05 Å². The van der Waals surface area contributed by atoms with E-state index in [2.05, 4.69) is 20.7 Å². The van der Waals surface area contributed by atoms with E-state index in [-0.39, 0.29) is 5.75 Å². The average molecular weight is 299 g/mol. The third-order valence-corrected chi connectivity index (χ3v) is 3.83. The van der Waals surface area contributed by atoms with Crippen molar-refractivity contribution in [3.05, 3.63) is 33.3 Å². The van der Waals surface area contributed by atoms with E-state index in [4.69, 9.17) is 11.6 Å². The maximum absolute atomic E-state index is 11.2. The maximum Gasteiger partial charge on any atom is 0.215 e. The Hall–Kier alpha value is -0.100. The minimum Gasteiger partial charge on any atom is -0.218 e. The Morgan fingerprint density at radius 1 is 1.50 bits per heavy atom. The van der Waals surface area contributed by atoms with Gasteiger partial charge in [0, 0.05) is 9.50 Å². The molecular weight excluding hydrogens is 290 g/mol. The lowest BCUT2D eigenvalue weighted by Gasteiger charge is -2.04. The van der Waals surface area contributed by atoms with E-state index < -0.39 is 10.0 Å². The number of benzene rings is 1. The summed E-state index contributed by atoms with van der Waals surface area (Å²) in [6, 6.07) is 5.11. The fourth-order valence-corrected chi connectivity index (χ4v) is 2.54. The van der Waals surface area contributed by atoms with Gasteiger partial charge in [0.25, 0.3) is 0 Å². The van der Waals surface area contributed by atoms with Crippen LogP contribution >= 0.6 is 27.5 Å². The number of nitrogens with one attached hydrogen (secondary N) is 1. The number of hydrogen-bond donors (Lipinski definition) is 1. The highest BCUT2D eigenvalue weighted by Crippen LogP contribution is 2.22. The van der Waals surface area contributed by atoms with Gasteiger partial charge in [0.15, 0.2) is 0 Å². The molecule has 6 heteroatoms.